The minimum Gasteiger partial charge on any atom is -0.360 e. The fourth-order valence-electron chi connectivity index (χ4n) is 1.70. The summed E-state index contributed by atoms with van der Waals surface area (Å²) >= 11 is 4.88. The Morgan fingerprint density at radius 3 is 3.09 bits per heavy atom. The Bertz CT molecular complexity index is 694. The van der Waals surface area contributed by atoms with Gasteiger partial charge < -0.3 is 9.84 Å². The van der Waals surface area contributed by atoms with Crippen molar-refractivity contribution in [1.82, 2.24) is 20.3 Å². The van der Waals surface area contributed by atoms with Gasteiger partial charge in [0.15, 0.2) is 10.2 Å². The zero-order valence-electron chi connectivity index (χ0n) is 12.0. The Morgan fingerprint density at radius 1 is 1.36 bits per heavy atom. The molecule has 3 aromatic rings. The van der Waals surface area contributed by atoms with E-state index in [9.17, 15) is 0 Å². The first-order valence-electron chi connectivity index (χ1n) is 6.87. The zero-order valence-corrected chi connectivity index (χ0v) is 14.4. The fraction of sp³-hybridized carbons (Fsp3) is 0.385. The van der Waals surface area contributed by atoms with Gasteiger partial charge in [0.25, 0.3) is 0 Å². The molecule has 3 aromatic heterocycles. The normalized spacial score (nSPS) is 11.0. The van der Waals surface area contributed by atoms with Crippen molar-refractivity contribution in [2.45, 2.75) is 29.9 Å². The van der Waals surface area contributed by atoms with Gasteiger partial charge in [0.2, 0.25) is 11.0 Å². The summed E-state index contributed by atoms with van der Waals surface area (Å²) < 4.78 is 6.05. The number of thiophene rings is 1. The molecule has 0 spiro atoms. The topological polar surface area (TPSA) is 76.7 Å². The molecule has 3 heterocycles. The molecule has 0 fully saturated rings. The van der Waals surface area contributed by atoms with Crippen LogP contribution in [0, 0.1) is 0 Å². The highest BCUT2D eigenvalue weighted by Crippen LogP contribution is 2.27. The highest BCUT2D eigenvalue weighted by molar-refractivity contribution is 8.00. The standard InChI is InChI=1S/C13H15N5OS3/c1-2-10-15-11(19-18-10)8-21-13-17-16-12(22-13)14-6-5-9-4-3-7-20-9/h3-4,7H,2,5-6,8H2,1H3,(H,14,16). The van der Waals surface area contributed by atoms with Crippen LogP contribution in [0.4, 0.5) is 5.13 Å². The molecular formula is C13H15N5OS3. The van der Waals surface area contributed by atoms with E-state index < -0.39 is 0 Å². The minimum absolute atomic E-state index is 0.622. The monoisotopic (exact) mass is 353 g/mol. The Labute approximate surface area is 140 Å². The van der Waals surface area contributed by atoms with E-state index in [2.05, 4.69) is 43.2 Å². The molecule has 3 rings (SSSR count). The van der Waals surface area contributed by atoms with Crippen LogP contribution < -0.4 is 5.32 Å². The summed E-state index contributed by atoms with van der Waals surface area (Å²) in [6.45, 7) is 2.87. The van der Waals surface area contributed by atoms with Crippen LogP contribution in [0.2, 0.25) is 0 Å². The average Bonchev–Trinajstić information content (AvgIpc) is 3.27. The zero-order chi connectivity index (χ0) is 15.2. The number of nitrogens with one attached hydrogen (secondary N) is 1. The SMILES string of the molecule is CCc1noc(CSc2nnc(NCCc3cccs3)s2)n1. The van der Waals surface area contributed by atoms with E-state index in [0.29, 0.717) is 11.6 Å². The van der Waals surface area contributed by atoms with Crippen molar-refractivity contribution < 1.29 is 4.52 Å². The van der Waals surface area contributed by atoms with Gasteiger partial charge in [0.05, 0.1) is 5.75 Å². The number of nitrogens with zero attached hydrogens (tertiary/aromatic N) is 4. The summed E-state index contributed by atoms with van der Waals surface area (Å²) in [5, 5.41) is 18.4. The molecule has 0 unspecified atom stereocenters. The number of hydrogen-bond donors (Lipinski definition) is 1. The lowest BCUT2D eigenvalue weighted by atomic mass is 10.3. The largest absolute Gasteiger partial charge is 0.360 e. The summed E-state index contributed by atoms with van der Waals surface area (Å²) in [6, 6.07) is 4.21. The molecule has 116 valence electrons. The van der Waals surface area contributed by atoms with E-state index in [0.717, 1.165) is 34.7 Å². The van der Waals surface area contributed by atoms with Crippen molar-refractivity contribution in [3.8, 4) is 0 Å². The number of aryl methyl sites for hydroxylation is 1. The third kappa shape index (κ3) is 4.28. The molecule has 9 heteroatoms. The van der Waals surface area contributed by atoms with Crippen molar-refractivity contribution in [1.29, 1.82) is 0 Å². The number of aromatic nitrogens is 4. The minimum atomic E-state index is 0.622. The first kappa shape index (κ1) is 15.4. The van der Waals surface area contributed by atoms with Gasteiger partial charge in [-0.3, -0.25) is 0 Å². The highest BCUT2D eigenvalue weighted by atomic mass is 32.2. The third-order valence-electron chi connectivity index (χ3n) is 2.78. The maximum atomic E-state index is 5.15. The fourth-order valence-corrected chi connectivity index (χ4v) is 4.03. The van der Waals surface area contributed by atoms with Crippen molar-refractivity contribution in [3.05, 3.63) is 34.1 Å². The molecule has 6 nitrogen and oxygen atoms in total. The Morgan fingerprint density at radius 2 is 2.32 bits per heavy atom. The van der Waals surface area contributed by atoms with Crippen LogP contribution in [0.25, 0.3) is 0 Å². The second-order valence-electron chi connectivity index (χ2n) is 4.38. The van der Waals surface area contributed by atoms with E-state index in [4.69, 9.17) is 4.52 Å². The molecule has 0 aliphatic rings. The van der Waals surface area contributed by atoms with Crippen LogP contribution in [0.3, 0.4) is 0 Å². The van der Waals surface area contributed by atoms with E-state index >= 15 is 0 Å². The molecular weight excluding hydrogens is 338 g/mol. The van der Waals surface area contributed by atoms with Crippen molar-refractivity contribution in [2.75, 3.05) is 11.9 Å². The summed E-state index contributed by atoms with van der Waals surface area (Å²) in [5.41, 5.74) is 0. The van der Waals surface area contributed by atoms with E-state index in [1.165, 1.54) is 4.88 Å². The van der Waals surface area contributed by atoms with Crippen molar-refractivity contribution >= 4 is 39.6 Å². The molecule has 0 bridgehead atoms. The molecule has 0 aromatic carbocycles. The maximum Gasteiger partial charge on any atom is 0.237 e. The van der Waals surface area contributed by atoms with Crippen molar-refractivity contribution in [2.24, 2.45) is 0 Å². The molecule has 1 N–H and O–H groups in total. The van der Waals surface area contributed by atoms with Gasteiger partial charge in [-0.05, 0) is 17.9 Å². The number of rotatable bonds is 8. The van der Waals surface area contributed by atoms with Crippen LogP contribution in [0.1, 0.15) is 23.5 Å². The van der Waals surface area contributed by atoms with Gasteiger partial charge in [0.1, 0.15) is 0 Å². The van der Waals surface area contributed by atoms with E-state index in [1.807, 2.05) is 6.92 Å². The molecule has 0 saturated carbocycles. The summed E-state index contributed by atoms with van der Waals surface area (Å²) in [5.74, 6) is 1.99. The van der Waals surface area contributed by atoms with Crippen LogP contribution in [0.5, 0.6) is 0 Å². The van der Waals surface area contributed by atoms with Gasteiger partial charge in [-0.2, -0.15) is 4.98 Å². The lowest BCUT2D eigenvalue weighted by Crippen LogP contribution is -2.03. The summed E-state index contributed by atoms with van der Waals surface area (Å²) in [7, 11) is 0. The molecule has 0 atom stereocenters. The van der Waals surface area contributed by atoms with Crippen LogP contribution in [0.15, 0.2) is 26.4 Å². The second kappa shape index (κ2) is 7.70. The van der Waals surface area contributed by atoms with E-state index in [1.54, 1.807) is 34.4 Å². The molecule has 0 amide bonds. The van der Waals surface area contributed by atoms with Gasteiger partial charge in [0, 0.05) is 17.8 Å². The van der Waals surface area contributed by atoms with Gasteiger partial charge in [-0.15, -0.1) is 21.5 Å². The first-order valence-corrected chi connectivity index (χ1v) is 9.55. The van der Waals surface area contributed by atoms with Gasteiger partial charge in [-0.25, -0.2) is 0 Å². The summed E-state index contributed by atoms with van der Waals surface area (Å²) in [6.07, 6.45) is 1.78. The van der Waals surface area contributed by atoms with Crippen LogP contribution in [-0.2, 0) is 18.6 Å². The Balaban J connectivity index is 1.44. The summed E-state index contributed by atoms with van der Waals surface area (Å²) in [4.78, 5) is 5.64. The Hall–Kier alpha value is -1.45. The van der Waals surface area contributed by atoms with Crippen molar-refractivity contribution in [3.63, 3.8) is 0 Å². The lowest BCUT2D eigenvalue weighted by Gasteiger charge is -1.98. The van der Waals surface area contributed by atoms with Gasteiger partial charge >= 0.3 is 0 Å². The smallest absolute Gasteiger partial charge is 0.237 e. The Kier molecular flexibility index (Phi) is 5.41. The third-order valence-corrected chi connectivity index (χ3v) is 5.71. The number of thioether (sulfide) groups is 1. The average molecular weight is 353 g/mol. The second-order valence-corrected chi connectivity index (χ2v) is 7.61. The number of hydrogen-bond acceptors (Lipinski definition) is 9. The molecule has 22 heavy (non-hydrogen) atoms. The van der Waals surface area contributed by atoms with E-state index in [-0.39, 0.29) is 0 Å². The molecule has 0 aliphatic heterocycles. The first-order chi connectivity index (χ1) is 10.8. The highest BCUT2D eigenvalue weighted by Gasteiger charge is 2.09. The maximum absolute atomic E-state index is 5.15. The lowest BCUT2D eigenvalue weighted by molar-refractivity contribution is 0.385. The van der Waals surface area contributed by atoms with Gasteiger partial charge in [-0.1, -0.05) is 41.2 Å². The quantitative estimate of drug-likeness (QED) is 0.621. The predicted octanol–water partition coefficient (Wildman–Crippen LogP) is 3.49. The predicted molar refractivity (Wildman–Crippen MR) is 89.7 cm³/mol. The molecule has 0 aliphatic carbocycles. The van der Waals surface area contributed by atoms with Crippen LogP contribution >= 0.6 is 34.4 Å². The van der Waals surface area contributed by atoms with Crippen LogP contribution in [-0.4, -0.2) is 26.9 Å². The molecule has 0 radical (unpaired) electrons. The number of anilines is 1. The molecule has 0 saturated heterocycles.